The summed E-state index contributed by atoms with van der Waals surface area (Å²) in [5, 5.41) is 2.64. The van der Waals surface area contributed by atoms with Crippen molar-refractivity contribution in [1.82, 2.24) is 0 Å². The molecule has 0 fully saturated rings. The number of rotatable bonds is 8. The predicted octanol–water partition coefficient (Wildman–Crippen LogP) is 15.9. The summed E-state index contributed by atoms with van der Waals surface area (Å²) in [6.45, 7) is 0. The van der Waals surface area contributed by atoms with E-state index in [4.69, 9.17) is 0 Å². The van der Waals surface area contributed by atoms with E-state index in [-0.39, 0.29) is 0 Å². The van der Waals surface area contributed by atoms with Crippen LogP contribution in [-0.4, -0.2) is 0 Å². The lowest BCUT2D eigenvalue weighted by atomic mass is 9.87. The van der Waals surface area contributed by atoms with Crippen LogP contribution in [0.2, 0.25) is 0 Å². The van der Waals surface area contributed by atoms with Crippen molar-refractivity contribution >= 4 is 48.6 Å². The summed E-state index contributed by atoms with van der Waals surface area (Å²) in [5.74, 6) is 0. The predicted molar refractivity (Wildman–Crippen MR) is 241 cm³/mol. The average molecular weight is 732 g/mol. The van der Waals surface area contributed by atoms with Gasteiger partial charge in [-0.25, -0.2) is 0 Å². The van der Waals surface area contributed by atoms with E-state index in [0.717, 1.165) is 17.1 Å². The molecule has 0 saturated heterocycles. The molecule has 0 atom stereocenters. The first-order valence-electron chi connectivity index (χ1n) is 19.1. The maximum atomic E-state index is 2.43. The zero-order chi connectivity index (χ0) is 37.3. The molecule has 10 aromatic rings. The molecule has 0 N–H and O–H groups in total. The number of benzene rings is 9. The quantitative estimate of drug-likeness (QED) is 0.150. The molecule has 0 aliphatic heterocycles. The summed E-state index contributed by atoms with van der Waals surface area (Å²) >= 11 is 1.86. The third-order valence-electron chi connectivity index (χ3n) is 10.7. The first-order chi connectivity index (χ1) is 27.8. The normalized spacial score (nSPS) is 11.2. The van der Waals surface area contributed by atoms with E-state index in [1.165, 1.54) is 75.8 Å². The number of anilines is 3. The maximum Gasteiger partial charge on any atom is 0.0546 e. The molecule has 1 nitrogen and oxygen atoms in total. The van der Waals surface area contributed by atoms with Crippen LogP contribution in [0.4, 0.5) is 17.1 Å². The Labute approximate surface area is 332 Å². The minimum Gasteiger partial charge on any atom is -0.310 e. The highest BCUT2D eigenvalue weighted by Crippen LogP contribution is 2.48. The van der Waals surface area contributed by atoms with Gasteiger partial charge < -0.3 is 4.90 Å². The minimum atomic E-state index is 1.09. The molecule has 56 heavy (non-hydrogen) atoms. The van der Waals surface area contributed by atoms with E-state index < -0.39 is 0 Å². The van der Waals surface area contributed by atoms with Gasteiger partial charge >= 0.3 is 0 Å². The summed E-state index contributed by atoms with van der Waals surface area (Å²) < 4.78 is 2.63. The van der Waals surface area contributed by atoms with Crippen molar-refractivity contribution in [2.24, 2.45) is 0 Å². The van der Waals surface area contributed by atoms with Crippen LogP contribution in [0.3, 0.4) is 0 Å². The summed E-state index contributed by atoms with van der Waals surface area (Å²) in [4.78, 5) is 2.43. The Morgan fingerprint density at radius 1 is 0.286 bits per heavy atom. The summed E-state index contributed by atoms with van der Waals surface area (Å²) in [7, 11) is 0. The molecule has 2 heteroatoms. The van der Waals surface area contributed by atoms with Crippen molar-refractivity contribution in [3.63, 3.8) is 0 Å². The zero-order valence-corrected chi connectivity index (χ0v) is 31.5. The maximum absolute atomic E-state index is 2.43. The van der Waals surface area contributed by atoms with E-state index in [2.05, 4.69) is 229 Å². The Kier molecular flexibility index (Phi) is 8.79. The fourth-order valence-electron chi connectivity index (χ4n) is 8.10. The minimum absolute atomic E-state index is 1.09. The molecule has 264 valence electrons. The highest BCUT2D eigenvalue weighted by Gasteiger charge is 2.23. The molecule has 0 bridgehead atoms. The molecular weight excluding hydrogens is 695 g/mol. The van der Waals surface area contributed by atoms with Crippen molar-refractivity contribution in [1.29, 1.82) is 0 Å². The molecule has 0 aliphatic carbocycles. The lowest BCUT2D eigenvalue weighted by Crippen LogP contribution is -2.12. The van der Waals surface area contributed by atoms with E-state index in [9.17, 15) is 0 Å². The van der Waals surface area contributed by atoms with Gasteiger partial charge in [0.15, 0.2) is 0 Å². The Balaban J connectivity index is 1.19. The zero-order valence-electron chi connectivity index (χ0n) is 30.7. The van der Waals surface area contributed by atoms with Crippen molar-refractivity contribution in [2.45, 2.75) is 0 Å². The van der Waals surface area contributed by atoms with Gasteiger partial charge in [-0.1, -0.05) is 182 Å². The Hall–Kier alpha value is -7.00. The lowest BCUT2D eigenvalue weighted by Gasteiger charge is -2.30. The van der Waals surface area contributed by atoms with Gasteiger partial charge in [0, 0.05) is 37.1 Å². The number of fused-ring (bicyclic) bond motifs is 3. The van der Waals surface area contributed by atoms with Crippen LogP contribution >= 0.6 is 11.3 Å². The van der Waals surface area contributed by atoms with Crippen LogP contribution in [0.5, 0.6) is 0 Å². The topological polar surface area (TPSA) is 3.24 Å². The average Bonchev–Trinajstić information content (AvgIpc) is 3.67. The molecule has 1 aromatic heterocycles. The van der Waals surface area contributed by atoms with Gasteiger partial charge in [-0.3, -0.25) is 0 Å². The van der Waals surface area contributed by atoms with E-state index in [1.807, 2.05) is 11.3 Å². The van der Waals surface area contributed by atoms with Crippen LogP contribution in [0.15, 0.2) is 224 Å². The first-order valence-corrected chi connectivity index (χ1v) is 19.9. The molecular formula is C54H37NS. The number of hydrogen-bond donors (Lipinski definition) is 0. The van der Waals surface area contributed by atoms with Gasteiger partial charge in [0.05, 0.1) is 5.69 Å². The third-order valence-corrected chi connectivity index (χ3v) is 11.9. The third kappa shape index (κ3) is 6.17. The smallest absolute Gasteiger partial charge is 0.0546 e. The summed E-state index contributed by atoms with van der Waals surface area (Å²) in [5.41, 5.74) is 15.3. The standard InChI is InChI=1S/C54H37NS/c1-4-16-38(17-5-1)39-30-34-43(35-31-39)55(44-36-32-42(33-37-44)47-26-15-29-52-54(47)49-24-12-13-28-51(49)56-52)50-27-14-25-46(41-20-8-3-9-21-41)53(50)48-23-11-10-22-45(48)40-18-6-2-7-19-40/h1-37H. The van der Waals surface area contributed by atoms with Crippen LogP contribution in [-0.2, 0) is 0 Å². The Morgan fingerprint density at radius 3 is 1.41 bits per heavy atom. The van der Waals surface area contributed by atoms with Crippen LogP contribution in [0.25, 0.3) is 75.8 Å². The monoisotopic (exact) mass is 731 g/mol. The van der Waals surface area contributed by atoms with E-state index in [1.54, 1.807) is 0 Å². The first kappa shape index (κ1) is 33.6. The van der Waals surface area contributed by atoms with Crippen LogP contribution in [0.1, 0.15) is 0 Å². The van der Waals surface area contributed by atoms with Crippen molar-refractivity contribution in [3.8, 4) is 55.6 Å². The highest BCUT2D eigenvalue weighted by atomic mass is 32.1. The Bertz CT molecular complexity index is 2930. The van der Waals surface area contributed by atoms with Gasteiger partial charge in [0.25, 0.3) is 0 Å². The van der Waals surface area contributed by atoms with Crippen molar-refractivity contribution in [2.75, 3.05) is 4.90 Å². The van der Waals surface area contributed by atoms with Gasteiger partial charge in [-0.05, 0) is 92.5 Å². The van der Waals surface area contributed by atoms with E-state index >= 15 is 0 Å². The second kappa shape index (κ2) is 14.7. The molecule has 0 aliphatic rings. The van der Waals surface area contributed by atoms with Gasteiger partial charge in [-0.2, -0.15) is 0 Å². The molecule has 0 amide bonds. The van der Waals surface area contributed by atoms with Gasteiger partial charge in [0.1, 0.15) is 0 Å². The SMILES string of the molecule is c1ccc(-c2ccc(N(c3ccc(-c4cccc5sc6ccccc6c45)cc3)c3cccc(-c4ccccc4)c3-c3ccccc3-c3ccccc3)cc2)cc1. The summed E-state index contributed by atoms with van der Waals surface area (Å²) in [6.07, 6.45) is 0. The number of hydrogen-bond acceptors (Lipinski definition) is 2. The molecule has 0 spiro atoms. The fraction of sp³-hybridized carbons (Fsp3) is 0. The fourth-order valence-corrected chi connectivity index (χ4v) is 9.24. The second-order valence-corrected chi connectivity index (χ2v) is 15.1. The van der Waals surface area contributed by atoms with Crippen molar-refractivity contribution in [3.05, 3.63) is 224 Å². The van der Waals surface area contributed by atoms with Crippen molar-refractivity contribution < 1.29 is 0 Å². The number of thiophene rings is 1. The van der Waals surface area contributed by atoms with Crippen LogP contribution in [0, 0.1) is 0 Å². The molecule has 9 aromatic carbocycles. The molecule has 0 unspecified atom stereocenters. The van der Waals surface area contributed by atoms with Gasteiger partial charge in [-0.15, -0.1) is 11.3 Å². The molecule has 0 radical (unpaired) electrons. The van der Waals surface area contributed by atoms with Crippen LogP contribution < -0.4 is 4.90 Å². The molecule has 0 saturated carbocycles. The van der Waals surface area contributed by atoms with E-state index in [0.29, 0.717) is 0 Å². The van der Waals surface area contributed by atoms with Gasteiger partial charge in [0.2, 0.25) is 0 Å². The number of nitrogens with zero attached hydrogens (tertiary/aromatic N) is 1. The molecule has 10 rings (SSSR count). The lowest BCUT2D eigenvalue weighted by molar-refractivity contribution is 1.28. The highest BCUT2D eigenvalue weighted by molar-refractivity contribution is 7.25. The largest absolute Gasteiger partial charge is 0.310 e. The molecule has 1 heterocycles. The summed E-state index contributed by atoms with van der Waals surface area (Å²) in [6, 6.07) is 81.3. The Morgan fingerprint density at radius 2 is 0.732 bits per heavy atom. The second-order valence-electron chi connectivity index (χ2n) is 14.0.